The van der Waals surface area contributed by atoms with Gasteiger partial charge in [0.1, 0.15) is 4.21 Å². The van der Waals surface area contributed by atoms with Gasteiger partial charge in [0, 0.05) is 38.4 Å². The Labute approximate surface area is 128 Å². The van der Waals surface area contributed by atoms with Crippen LogP contribution < -0.4 is 5.32 Å². The highest BCUT2D eigenvalue weighted by Gasteiger charge is 2.38. The lowest BCUT2D eigenvalue weighted by atomic mass is 10.1. The molecule has 20 heavy (non-hydrogen) atoms. The van der Waals surface area contributed by atoms with E-state index in [2.05, 4.69) is 5.32 Å². The predicted molar refractivity (Wildman–Crippen MR) is 81.0 cm³/mol. The molecule has 5 nitrogen and oxygen atoms in total. The van der Waals surface area contributed by atoms with Crippen LogP contribution in [0.4, 0.5) is 0 Å². The molecule has 0 aromatic carbocycles. The topological polar surface area (TPSA) is 58.6 Å². The standard InChI is InChI=1S/C12H19ClN2O3S2/c1-3-14-10-8-15(5-4-6-18-2)20(16,17)12-9(10)7-11(13)19-12/h7,10,14H,3-6,8H2,1-2H3/t10-/m0/s1. The Kier molecular flexibility index (Phi) is 5.44. The van der Waals surface area contributed by atoms with E-state index < -0.39 is 10.0 Å². The fourth-order valence-corrected chi connectivity index (χ4v) is 5.96. The largest absolute Gasteiger partial charge is 0.385 e. The summed E-state index contributed by atoms with van der Waals surface area (Å²) in [6, 6.07) is 1.77. The Balaban J connectivity index is 2.30. The average molecular weight is 339 g/mol. The van der Waals surface area contributed by atoms with Gasteiger partial charge in [-0.2, -0.15) is 4.31 Å². The van der Waals surface area contributed by atoms with Crippen molar-refractivity contribution < 1.29 is 13.2 Å². The van der Waals surface area contributed by atoms with Crippen LogP contribution in [0.3, 0.4) is 0 Å². The van der Waals surface area contributed by atoms with Gasteiger partial charge in [-0.25, -0.2) is 8.42 Å². The van der Waals surface area contributed by atoms with Crippen LogP contribution in [0.15, 0.2) is 10.3 Å². The third kappa shape index (κ3) is 3.18. The van der Waals surface area contributed by atoms with E-state index in [1.807, 2.05) is 6.92 Å². The summed E-state index contributed by atoms with van der Waals surface area (Å²) in [7, 11) is -1.81. The average Bonchev–Trinajstić information content (AvgIpc) is 2.78. The summed E-state index contributed by atoms with van der Waals surface area (Å²) in [6.45, 7) is 4.25. The van der Waals surface area contributed by atoms with Gasteiger partial charge in [0.15, 0.2) is 0 Å². The van der Waals surface area contributed by atoms with E-state index in [0.29, 0.717) is 34.7 Å². The van der Waals surface area contributed by atoms with Crippen molar-refractivity contribution in [1.29, 1.82) is 0 Å². The number of hydrogen-bond acceptors (Lipinski definition) is 5. The highest BCUT2D eigenvalue weighted by Crippen LogP contribution is 2.40. The molecule has 0 fully saturated rings. The van der Waals surface area contributed by atoms with Gasteiger partial charge in [-0.05, 0) is 19.0 Å². The van der Waals surface area contributed by atoms with Crippen LogP contribution in [0.1, 0.15) is 24.9 Å². The van der Waals surface area contributed by atoms with Crippen molar-refractivity contribution in [3.05, 3.63) is 16.0 Å². The molecule has 0 aliphatic carbocycles. The minimum Gasteiger partial charge on any atom is -0.385 e. The zero-order valence-corrected chi connectivity index (χ0v) is 13.9. The zero-order valence-electron chi connectivity index (χ0n) is 11.6. The van der Waals surface area contributed by atoms with Crippen molar-refractivity contribution >= 4 is 33.0 Å². The Morgan fingerprint density at radius 1 is 1.60 bits per heavy atom. The molecule has 0 spiro atoms. The lowest BCUT2D eigenvalue weighted by Crippen LogP contribution is -2.43. The number of rotatable bonds is 6. The molecular weight excluding hydrogens is 320 g/mol. The summed E-state index contributed by atoms with van der Waals surface area (Å²) in [5.41, 5.74) is 0.796. The third-order valence-corrected chi connectivity index (χ3v) is 6.91. The molecule has 1 aliphatic heterocycles. The molecule has 1 aliphatic rings. The van der Waals surface area contributed by atoms with Gasteiger partial charge in [-0.1, -0.05) is 18.5 Å². The van der Waals surface area contributed by atoms with Gasteiger partial charge in [-0.3, -0.25) is 0 Å². The van der Waals surface area contributed by atoms with Gasteiger partial charge in [0.2, 0.25) is 0 Å². The number of nitrogens with zero attached hydrogens (tertiary/aromatic N) is 1. The number of nitrogens with one attached hydrogen (secondary N) is 1. The van der Waals surface area contributed by atoms with E-state index in [1.165, 1.54) is 4.31 Å². The van der Waals surface area contributed by atoms with Crippen molar-refractivity contribution in [2.75, 3.05) is 33.4 Å². The first-order valence-electron chi connectivity index (χ1n) is 6.52. The van der Waals surface area contributed by atoms with E-state index in [9.17, 15) is 8.42 Å². The fraction of sp³-hybridized carbons (Fsp3) is 0.667. The molecule has 2 rings (SSSR count). The monoisotopic (exact) mass is 338 g/mol. The number of halogens is 1. The van der Waals surface area contributed by atoms with E-state index >= 15 is 0 Å². The lowest BCUT2D eigenvalue weighted by molar-refractivity contribution is 0.185. The van der Waals surface area contributed by atoms with Gasteiger partial charge < -0.3 is 10.1 Å². The molecule has 1 aromatic rings. The van der Waals surface area contributed by atoms with Crippen LogP contribution >= 0.6 is 22.9 Å². The van der Waals surface area contributed by atoms with Crippen molar-refractivity contribution in [3.63, 3.8) is 0 Å². The lowest BCUT2D eigenvalue weighted by Gasteiger charge is -2.32. The molecule has 0 unspecified atom stereocenters. The van der Waals surface area contributed by atoms with Gasteiger partial charge in [0.25, 0.3) is 10.0 Å². The number of sulfonamides is 1. The highest BCUT2D eigenvalue weighted by atomic mass is 35.5. The number of thiophene rings is 1. The Hall–Kier alpha value is -0.180. The smallest absolute Gasteiger partial charge is 0.253 e. The summed E-state index contributed by atoms with van der Waals surface area (Å²) >= 11 is 7.14. The van der Waals surface area contributed by atoms with Gasteiger partial charge in [-0.15, -0.1) is 11.3 Å². The van der Waals surface area contributed by atoms with E-state index in [4.69, 9.17) is 16.3 Å². The maximum Gasteiger partial charge on any atom is 0.253 e. The minimum absolute atomic E-state index is 0.00446. The molecule has 114 valence electrons. The maximum absolute atomic E-state index is 12.6. The second kappa shape index (κ2) is 6.72. The summed E-state index contributed by atoms with van der Waals surface area (Å²) < 4.78 is 32.5. The van der Waals surface area contributed by atoms with Gasteiger partial charge >= 0.3 is 0 Å². The minimum atomic E-state index is -3.42. The SMILES string of the molecule is CCN[C@H]1CN(CCCOC)S(=O)(=O)c2sc(Cl)cc21. The van der Waals surface area contributed by atoms with Crippen molar-refractivity contribution in [2.24, 2.45) is 0 Å². The first-order chi connectivity index (χ1) is 9.50. The third-order valence-electron chi connectivity index (χ3n) is 3.24. The van der Waals surface area contributed by atoms with Crippen LogP contribution in [0.5, 0.6) is 0 Å². The van der Waals surface area contributed by atoms with Crippen molar-refractivity contribution in [2.45, 2.75) is 23.6 Å². The van der Waals surface area contributed by atoms with Crippen LogP contribution in [0.2, 0.25) is 4.34 Å². The number of ether oxygens (including phenoxy) is 1. The molecule has 1 atom stereocenters. The normalized spacial score (nSPS) is 21.9. The second-order valence-electron chi connectivity index (χ2n) is 4.61. The van der Waals surface area contributed by atoms with Gasteiger partial charge in [0.05, 0.1) is 4.34 Å². The van der Waals surface area contributed by atoms with Crippen LogP contribution in [-0.2, 0) is 14.8 Å². The summed E-state index contributed by atoms with van der Waals surface area (Å²) in [5, 5.41) is 3.32. The summed E-state index contributed by atoms with van der Waals surface area (Å²) in [5.74, 6) is 0. The number of methoxy groups -OCH3 is 1. The molecule has 0 saturated heterocycles. The highest BCUT2D eigenvalue weighted by molar-refractivity contribution is 7.91. The van der Waals surface area contributed by atoms with E-state index in [1.54, 1.807) is 13.2 Å². The second-order valence-corrected chi connectivity index (χ2v) is 8.43. The molecule has 0 bridgehead atoms. The summed E-state index contributed by atoms with van der Waals surface area (Å²) in [6.07, 6.45) is 0.684. The molecule has 0 saturated carbocycles. The summed E-state index contributed by atoms with van der Waals surface area (Å²) in [4.78, 5) is 0. The van der Waals surface area contributed by atoms with Crippen LogP contribution in [0, 0.1) is 0 Å². The van der Waals surface area contributed by atoms with Crippen LogP contribution in [0.25, 0.3) is 0 Å². The Morgan fingerprint density at radius 3 is 3.00 bits per heavy atom. The predicted octanol–water partition coefficient (Wildman–Crippen LogP) is 2.09. The van der Waals surface area contributed by atoms with Crippen molar-refractivity contribution in [1.82, 2.24) is 9.62 Å². The van der Waals surface area contributed by atoms with E-state index in [-0.39, 0.29) is 6.04 Å². The number of likely N-dealkylation sites (N-methyl/N-ethyl adjacent to an activating group) is 1. The molecule has 8 heteroatoms. The zero-order chi connectivity index (χ0) is 14.8. The Morgan fingerprint density at radius 2 is 2.35 bits per heavy atom. The number of hydrogen-bond donors (Lipinski definition) is 1. The fourth-order valence-electron chi connectivity index (χ4n) is 2.34. The molecular formula is C12H19ClN2O3S2. The molecule has 1 N–H and O–H groups in total. The molecule has 0 amide bonds. The first-order valence-corrected chi connectivity index (χ1v) is 9.15. The van der Waals surface area contributed by atoms with Crippen LogP contribution in [-0.4, -0.2) is 46.1 Å². The first kappa shape index (κ1) is 16.2. The molecule has 2 heterocycles. The molecule has 1 aromatic heterocycles. The van der Waals surface area contributed by atoms with E-state index in [0.717, 1.165) is 23.4 Å². The quantitative estimate of drug-likeness (QED) is 0.807. The van der Waals surface area contributed by atoms with Crippen molar-refractivity contribution in [3.8, 4) is 0 Å². The Bertz CT molecular complexity index is 559. The molecule has 0 radical (unpaired) electrons. The number of fused-ring (bicyclic) bond motifs is 1. The maximum atomic E-state index is 12.6.